The van der Waals surface area contributed by atoms with E-state index in [9.17, 15) is 0 Å². The molecule has 1 heterocycles. The van der Waals surface area contributed by atoms with Gasteiger partial charge in [-0.15, -0.1) is 0 Å². The largest absolute Gasteiger partial charge is 0.439 e. The van der Waals surface area contributed by atoms with Gasteiger partial charge in [0.05, 0.1) is 5.02 Å². The number of halogens is 1. The lowest BCUT2D eigenvalue weighted by molar-refractivity contribution is 0.454. The summed E-state index contributed by atoms with van der Waals surface area (Å²) in [7, 11) is 0. The van der Waals surface area contributed by atoms with Crippen LogP contribution in [0, 0.1) is 6.92 Å². The molecule has 0 radical (unpaired) electrons. The highest BCUT2D eigenvalue weighted by atomic mass is 35.5. The quantitative estimate of drug-likeness (QED) is 0.779. The smallest absolute Gasteiger partial charge is 0.219 e. The van der Waals surface area contributed by atoms with Crippen molar-refractivity contribution in [2.24, 2.45) is 0 Å². The molecule has 0 saturated heterocycles. The van der Waals surface area contributed by atoms with Crippen LogP contribution in [0.1, 0.15) is 30.9 Å². The number of ether oxygens (including phenoxy) is 1. The molecule has 3 heteroatoms. The van der Waals surface area contributed by atoms with E-state index in [0.717, 1.165) is 5.75 Å². The Morgan fingerprint density at radius 2 is 1.94 bits per heavy atom. The molecule has 2 rings (SSSR count). The number of nitrogens with zero attached hydrogens (tertiary/aromatic N) is 1. The fourth-order valence-corrected chi connectivity index (χ4v) is 1.85. The molecule has 0 fully saturated rings. The zero-order chi connectivity index (χ0) is 13.1. The Morgan fingerprint density at radius 1 is 1.17 bits per heavy atom. The minimum atomic E-state index is 0.410. The SMILES string of the molecule is Cc1ccc(C(C)C)c(Oc2ccc(Cl)cn2)c1. The molecule has 0 aliphatic heterocycles. The highest BCUT2D eigenvalue weighted by Gasteiger charge is 2.09. The molecule has 1 aromatic carbocycles. The lowest BCUT2D eigenvalue weighted by Crippen LogP contribution is -1.95. The summed E-state index contributed by atoms with van der Waals surface area (Å²) in [5.41, 5.74) is 2.35. The summed E-state index contributed by atoms with van der Waals surface area (Å²) >= 11 is 5.80. The van der Waals surface area contributed by atoms with Crippen molar-refractivity contribution in [3.63, 3.8) is 0 Å². The van der Waals surface area contributed by atoms with Crippen LogP contribution in [0.2, 0.25) is 5.02 Å². The Bertz CT molecular complexity index is 535. The molecule has 94 valence electrons. The second-order valence-electron chi connectivity index (χ2n) is 4.61. The minimum absolute atomic E-state index is 0.410. The number of pyridine rings is 1. The van der Waals surface area contributed by atoms with Crippen molar-refractivity contribution in [2.75, 3.05) is 0 Å². The van der Waals surface area contributed by atoms with Crippen LogP contribution in [-0.2, 0) is 0 Å². The number of hydrogen-bond acceptors (Lipinski definition) is 2. The van der Waals surface area contributed by atoms with Gasteiger partial charge in [-0.25, -0.2) is 4.98 Å². The van der Waals surface area contributed by atoms with E-state index in [1.165, 1.54) is 11.1 Å². The Morgan fingerprint density at radius 3 is 2.56 bits per heavy atom. The maximum Gasteiger partial charge on any atom is 0.219 e. The van der Waals surface area contributed by atoms with Crippen LogP contribution < -0.4 is 4.74 Å². The van der Waals surface area contributed by atoms with Crippen molar-refractivity contribution in [3.05, 3.63) is 52.7 Å². The average Bonchev–Trinajstić information content (AvgIpc) is 2.32. The minimum Gasteiger partial charge on any atom is -0.439 e. The van der Waals surface area contributed by atoms with E-state index in [0.29, 0.717) is 16.8 Å². The van der Waals surface area contributed by atoms with E-state index < -0.39 is 0 Å². The summed E-state index contributed by atoms with van der Waals surface area (Å²) in [5, 5.41) is 0.607. The standard InChI is InChI=1S/C15H16ClNO/c1-10(2)13-6-4-11(3)8-14(13)18-15-7-5-12(16)9-17-15/h4-10H,1-3H3. The third kappa shape index (κ3) is 3.02. The van der Waals surface area contributed by atoms with Crippen molar-refractivity contribution >= 4 is 11.6 Å². The molecule has 2 nitrogen and oxygen atoms in total. The summed E-state index contributed by atoms with van der Waals surface area (Å²) in [4.78, 5) is 4.15. The Hall–Kier alpha value is -1.54. The lowest BCUT2D eigenvalue weighted by atomic mass is 10.0. The first-order valence-corrected chi connectivity index (χ1v) is 6.34. The van der Waals surface area contributed by atoms with Gasteiger partial charge in [0.15, 0.2) is 0 Å². The normalized spacial score (nSPS) is 10.7. The molecule has 0 spiro atoms. The highest BCUT2D eigenvalue weighted by Crippen LogP contribution is 2.30. The summed E-state index contributed by atoms with van der Waals surface area (Å²) < 4.78 is 5.84. The lowest BCUT2D eigenvalue weighted by Gasteiger charge is -2.13. The van der Waals surface area contributed by atoms with E-state index in [1.807, 2.05) is 13.0 Å². The van der Waals surface area contributed by atoms with Gasteiger partial charge in [-0.1, -0.05) is 37.6 Å². The van der Waals surface area contributed by atoms with Crippen molar-refractivity contribution in [1.82, 2.24) is 4.98 Å². The van der Waals surface area contributed by atoms with E-state index in [2.05, 4.69) is 31.0 Å². The van der Waals surface area contributed by atoms with Crippen LogP contribution in [0.3, 0.4) is 0 Å². The molecule has 2 aromatic rings. The van der Waals surface area contributed by atoms with Gasteiger partial charge in [0.25, 0.3) is 0 Å². The molecule has 0 unspecified atom stereocenters. The van der Waals surface area contributed by atoms with Gasteiger partial charge < -0.3 is 4.74 Å². The number of hydrogen-bond donors (Lipinski definition) is 0. The van der Waals surface area contributed by atoms with Gasteiger partial charge in [0, 0.05) is 12.3 Å². The zero-order valence-corrected chi connectivity index (χ0v) is 11.5. The fraction of sp³-hybridized carbons (Fsp3) is 0.267. The average molecular weight is 262 g/mol. The monoisotopic (exact) mass is 261 g/mol. The van der Waals surface area contributed by atoms with Gasteiger partial charge in [0.2, 0.25) is 5.88 Å². The second-order valence-corrected chi connectivity index (χ2v) is 5.05. The van der Waals surface area contributed by atoms with Crippen molar-refractivity contribution in [3.8, 4) is 11.6 Å². The predicted molar refractivity (Wildman–Crippen MR) is 74.6 cm³/mol. The first kappa shape index (κ1) is 12.9. The summed E-state index contributed by atoms with van der Waals surface area (Å²) in [5.74, 6) is 1.83. The number of benzene rings is 1. The van der Waals surface area contributed by atoms with Crippen molar-refractivity contribution < 1.29 is 4.74 Å². The van der Waals surface area contributed by atoms with E-state index in [-0.39, 0.29) is 0 Å². The predicted octanol–water partition coefficient (Wildman–Crippen LogP) is 4.96. The van der Waals surface area contributed by atoms with Gasteiger partial charge >= 0.3 is 0 Å². The number of aromatic nitrogens is 1. The molecule has 0 amide bonds. The van der Waals surface area contributed by atoms with Crippen molar-refractivity contribution in [1.29, 1.82) is 0 Å². The molecule has 0 N–H and O–H groups in total. The van der Waals surface area contributed by atoms with Gasteiger partial charge in [0.1, 0.15) is 5.75 Å². The third-order valence-electron chi connectivity index (χ3n) is 2.71. The highest BCUT2D eigenvalue weighted by molar-refractivity contribution is 6.30. The molecule has 0 bridgehead atoms. The molecule has 0 aliphatic carbocycles. The molecular formula is C15H16ClNO. The Balaban J connectivity index is 2.32. The van der Waals surface area contributed by atoms with Crippen LogP contribution in [0.4, 0.5) is 0 Å². The van der Waals surface area contributed by atoms with Crippen molar-refractivity contribution in [2.45, 2.75) is 26.7 Å². The van der Waals surface area contributed by atoms with Crippen LogP contribution in [-0.4, -0.2) is 4.98 Å². The molecule has 0 aliphatic rings. The van der Waals surface area contributed by atoms with E-state index in [4.69, 9.17) is 16.3 Å². The fourth-order valence-electron chi connectivity index (χ4n) is 1.74. The first-order chi connectivity index (χ1) is 8.56. The second kappa shape index (κ2) is 5.40. The van der Waals surface area contributed by atoms with E-state index in [1.54, 1.807) is 18.3 Å². The summed E-state index contributed by atoms with van der Waals surface area (Å²) in [6.45, 7) is 6.34. The maximum atomic E-state index is 5.84. The van der Waals surface area contributed by atoms with Crippen LogP contribution in [0.15, 0.2) is 36.5 Å². The number of rotatable bonds is 3. The maximum absolute atomic E-state index is 5.84. The van der Waals surface area contributed by atoms with Gasteiger partial charge in [-0.2, -0.15) is 0 Å². The summed E-state index contributed by atoms with van der Waals surface area (Å²) in [6.07, 6.45) is 1.59. The topological polar surface area (TPSA) is 22.1 Å². The molecule has 1 aromatic heterocycles. The molecule has 18 heavy (non-hydrogen) atoms. The Kier molecular flexibility index (Phi) is 3.87. The van der Waals surface area contributed by atoms with Crippen LogP contribution >= 0.6 is 11.6 Å². The number of aryl methyl sites for hydroxylation is 1. The summed E-state index contributed by atoms with van der Waals surface area (Å²) in [6, 6.07) is 9.78. The first-order valence-electron chi connectivity index (χ1n) is 5.96. The van der Waals surface area contributed by atoms with Crippen LogP contribution in [0.25, 0.3) is 0 Å². The van der Waals surface area contributed by atoms with Gasteiger partial charge in [-0.05, 0) is 36.1 Å². The Labute approximate surface area is 113 Å². The molecule has 0 saturated carbocycles. The molecule has 0 atom stereocenters. The van der Waals surface area contributed by atoms with Crippen LogP contribution in [0.5, 0.6) is 11.6 Å². The van der Waals surface area contributed by atoms with Gasteiger partial charge in [-0.3, -0.25) is 0 Å². The zero-order valence-electron chi connectivity index (χ0n) is 10.8. The molecular weight excluding hydrogens is 246 g/mol. The van der Waals surface area contributed by atoms with E-state index >= 15 is 0 Å². The third-order valence-corrected chi connectivity index (χ3v) is 2.93.